The van der Waals surface area contributed by atoms with Gasteiger partial charge < -0.3 is 15.5 Å². The molecule has 1 saturated heterocycles. The van der Waals surface area contributed by atoms with Crippen molar-refractivity contribution >= 4 is 23.5 Å². The van der Waals surface area contributed by atoms with Crippen LogP contribution < -0.4 is 10.6 Å². The molecule has 0 aliphatic carbocycles. The highest BCUT2D eigenvalue weighted by Crippen LogP contribution is 2.31. The SMILES string of the molecule is CC(=O)NC[C@H]1CCC(F)(F)CN1C(=O)c1nc(Nc2cc(C(C)(C)C)ccn2)ccc1C. The molecule has 0 aromatic carbocycles. The van der Waals surface area contributed by atoms with Crippen LogP contribution in [0, 0.1) is 6.92 Å². The van der Waals surface area contributed by atoms with Crippen molar-refractivity contribution in [1.29, 1.82) is 0 Å². The average molecular weight is 460 g/mol. The van der Waals surface area contributed by atoms with E-state index in [0.29, 0.717) is 17.2 Å². The fraction of sp³-hybridized carbons (Fsp3) is 0.500. The van der Waals surface area contributed by atoms with E-state index in [0.717, 1.165) is 10.5 Å². The summed E-state index contributed by atoms with van der Waals surface area (Å²) in [6.07, 6.45) is 1.47. The number of likely N-dealkylation sites (tertiary alicyclic amines) is 1. The number of rotatable bonds is 5. The van der Waals surface area contributed by atoms with Crippen molar-refractivity contribution in [2.45, 2.75) is 64.8 Å². The van der Waals surface area contributed by atoms with Crippen molar-refractivity contribution < 1.29 is 18.4 Å². The second kappa shape index (κ2) is 9.41. The minimum atomic E-state index is -2.98. The largest absolute Gasteiger partial charge is 0.354 e. The molecule has 0 unspecified atom stereocenters. The number of alkyl halides is 2. The van der Waals surface area contributed by atoms with Crippen molar-refractivity contribution in [3.8, 4) is 0 Å². The van der Waals surface area contributed by atoms with Gasteiger partial charge in [0.15, 0.2) is 0 Å². The third kappa shape index (κ3) is 6.24. The lowest BCUT2D eigenvalue weighted by molar-refractivity contribution is -0.119. The van der Waals surface area contributed by atoms with E-state index in [1.165, 1.54) is 6.92 Å². The van der Waals surface area contributed by atoms with Gasteiger partial charge in [-0.25, -0.2) is 18.7 Å². The first kappa shape index (κ1) is 24.5. The molecule has 0 saturated carbocycles. The second-order valence-corrected chi connectivity index (χ2v) is 9.59. The van der Waals surface area contributed by atoms with Crippen LogP contribution in [0.1, 0.15) is 62.2 Å². The number of amides is 2. The highest BCUT2D eigenvalue weighted by molar-refractivity contribution is 5.94. The number of piperidine rings is 1. The lowest BCUT2D eigenvalue weighted by Gasteiger charge is -2.39. The molecule has 1 aliphatic heterocycles. The highest BCUT2D eigenvalue weighted by atomic mass is 19.3. The zero-order valence-corrected chi connectivity index (χ0v) is 19.7. The van der Waals surface area contributed by atoms with Gasteiger partial charge in [-0.05, 0) is 48.1 Å². The van der Waals surface area contributed by atoms with Gasteiger partial charge in [0, 0.05) is 32.1 Å². The molecule has 2 amide bonds. The van der Waals surface area contributed by atoms with Gasteiger partial charge in [-0.3, -0.25) is 9.59 Å². The Labute approximate surface area is 193 Å². The molecule has 2 aromatic heterocycles. The van der Waals surface area contributed by atoms with E-state index in [2.05, 4.69) is 41.4 Å². The predicted molar refractivity (Wildman–Crippen MR) is 123 cm³/mol. The van der Waals surface area contributed by atoms with E-state index in [9.17, 15) is 18.4 Å². The molecule has 7 nitrogen and oxygen atoms in total. The maximum atomic E-state index is 14.2. The lowest BCUT2D eigenvalue weighted by atomic mass is 9.88. The molecule has 1 fully saturated rings. The molecule has 1 aliphatic rings. The molecule has 2 aromatic rings. The van der Waals surface area contributed by atoms with Crippen LogP contribution in [-0.2, 0) is 10.2 Å². The Morgan fingerprint density at radius 1 is 1.21 bits per heavy atom. The van der Waals surface area contributed by atoms with Gasteiger partial charge in [0.05, 0.1) is 6.54 Å². The predicted octanol–water partition coefficient (Wildman–Crippen LogP) is 4.20. The maximum Gasteiger partial charge on any atom is 0.273 e. The Morgan fingerprint density at radius 2 is 1.94 bits per heavy atom. The summed E-state index contributed by atoms with van der Waals surface area (Å²) < 4.78 is 28.4. The summed E-state index contributed by atoms with van der Waals surface area (Å²) >= 11 is 0. The van der Waals surface area contributed by atoms with Crippen LogP contribution in [0.25, 0.3) is 0 Å². The first-order valence-electron chi connectivity index (χ1n) is 11.0. The Morgan fingerprint density at radius 3 is 2.61 bits per heavy atom. The number of aromatic nitrogens is 2. The number of aryl methyl sites for hydroxylation is 1. The summed E-state index contributed by atoms with van der Waals surface area (Å²) in [6.45, 7) is 8.78. The molecule has 0 bridgehead atoms. The number of nitrogens with zero attached hydrogens (tertiary/aromatic N) is 3. The second-order valence-electron chi connectivity index (χ2n) is 9.59. The standard InChI is InChI=1S/C24H31F2N5O2/c1-15-6-7-19(29-20-12-17(9-11-27-20)23(3,4)5)30-21(15)22(33)31-14-24(25,26)10-8-18(31)13-28-16(2)32/h6-7,9,11-12,18H,8,10,13-14H2,1-5H3,(H,28,32)(H,27,29,30)/t18-/m1/s1. The molecule has 3 heterocycles. The average Bonchev–Trinajstić information content (AvgIpc) is 2.73. The van der Waals surface area contributed by atoms with Crippen LogP contribution in [-0.4, -0.2) is 51.7 Å². The summed E-state index contributed by atoms with van der Waals surface area (Å²) in [5, 5.41) is 5.75. The number of nitrogens with one attached hydrogen (secondary N) is 2. The number of halogens is 2. The topological polar surface area (TPSA) is 87.2 Å². The summed E-state index contributed by atoms with van der Waals surface area (Å²) in [5.74, 6) is -2.87. The molecule has 0 spiro atoms. The smallest absolute Gasteiger partial charge is 0.273 e. The van der Waals surface area contributed by atoms with Gasteiger partial charge in [0.25, 0.3) is 11.8 Å². The highest BCUT2D eigenvalue weighted by Gasteiger charge is 2.42. The number of anilines is 2. The van der Waals surface area contributed by atoms with E-state index < -0.39 is 24.4 Å². The number of hydrogen-bond acceptors (Lipinski definition) is 5. The Kier molecular flexibility index (Phi) is 7.00. The Bertz CT molecular complexity index is 1040. The number of carbonyl (C=O) groups is 2. The van der Waals surface area contributed by atoms with Crippen molar-refractivity contribution in [2.24, 2.45) is 0 Å². The van der Waals surface area contributed by atoms with E-state index in [1.54, 1.807) is 25.3 Å². The molecule has 3 rings (SSSR count). The normalized spacial score (nSPS) is 18.0. The van der Waals surface area contributed by atoms with E-state index in [-0.39, 0.29) is 36.4 Å². The first-order chi connectivity index (χ1) is 15.4. The van der Waals surface area contributed by atoms with Crippen molar-refractivity contribution in [1.82, 2.24) is 20.2 Å². The summed E-state index contributed by atoms with van der Waals surface area (Å²) in [7, 11) is 0. The number of pyridine rings is 2. The molecule has 2 N–H and O–H groups in total. The van der Waals surface area contributed by atoms with Crippen molar-refractivity contribution in [3.05, 3.63) is 47.3 Å². The van der Waals surface area contributed by atoms with E-state index in [1.807, 2.05) is 12.1 Å². The van der Waals surface area contributed by atoms with Crippen LogP contribution in [0.2, 0.25) is 0 Å². The quantitative estimate of drug-likeness (QED) is 0.700. The third-order valence-corrected chi connectivity index (χ3v) is 5.71. The number of hydrogen-bond donors (Lipinski definition) is 2. The van der Waals surface area contributed by atoms with E-state index >= 15 is 0 Å². The molecule has 1 atom stereocenters. The molecular formula is C24H31F2N5O2. The van der Waals surface area contributed by atoms with Crippen LogP contribution in [0.4, 0.5) is 20.4 Å². The van der Waals surface area contributed by atoms with Gasteiger partial charge in [0.1, 0.15) is 17.3 Å². The molecule has 0 radical (unpaired) electrons. The molecular weight excluding hydrogens is 428 g/mol. The van der Waals surface area contributed by atoms with Gasteiger partial charge in [-0.2, -0.15) is 0 Å². The minimum Gasteiger partial charge on any atom is -0.354 e. The van der Waals surface area contributed by atoms with Crippen LogP contribution in [0.5, 0.6) is 0 Å². The van der Waals surface area contributed by atoms with Gasteiger partial charge in [-0.15, -0.1) is 0 Å². The maximum absolute atomic E-state index is 14.2. The lowest BCUT2D eigenvalue weighted by Crippen LogP contribution is -2.55. The van der Waals surface area contributed by atoms with E-state index in [4.69, 9.17) is 0 Å². The first-order valence-corrected chi connectivity index (χ1v) is 11.0. The molecule has 178 valence electrons. The Hall–Kier alpha value is -3.10. The summed E-state index contributed by atoms with van der Waals surface area (Å²) in [5.41, 5.74) is 1.69. The molecule has 9 heteroatoms. The minimum absolute atomic E-state index is 0.0659. The fourth-order valence-electron chi connectivity index (χ4n) is 3.75. The van der Waals surface area contributed by atoms with Gasteiger partial charge in [-0.1, -0.05) is 26.8 Å². The summed E-state index contributed by atoms with van der Waals surface area (Å²) in [6, 6.07) is 6.77. The van der Waals surface area contributed by atoms with Crippen LogP contribution in [0.3, 0.4) is 0 Å². The number of carbonyl (C=O) groups excluding carboxylic acids is 2. The fourth-order valence-corrected chi connectivity index (χ4v) is 3.75. The zero-order chi connectivity index (χ0) is 24.4. The van der Waals surface area contributed by atoms with Crippen LogP contribution >= 0.6 is 0 Å². The Balaban J connectivity index is 1.87. The monoisotopic (exact) mass is 459 g/mol. The van der Waals surface area contributed by atoms with Crippen molar-refractivity contribution in [2.75, 3.05) is 18.4 Å². The third-order valence-electron chi connectivity index (χ3n) is 5.71. The van der Waals surface area contributed by atoms with Gasteiger partial charge >= 0.3 is 0 Å². The summed E-state index contributed by atoms with van der Waals surface area (Å²) in [4.78, 5) is 34.6. The van der Waals surface area contributed by atoms with Crippen molar-refractivity contribution in [3.63, 3.8) is 0 Å². The zero-order valence-electron chi connectivity index (χ0n) is 19.7. The van der Waals surface area contributed by atoms with Crippen LogP contribution in [0.15, 0.2) is 30.5 Å². The molecule has 33 heavy (non-hydrogen) atoms. The van der Waals surface area contributed by atoms with Gasteiger partial charge in [0.2, 0.25) is 5.91 Å².